The molecular formula is C16H16BrN3. The summed E-state index contributed by atoms with van der Waals surface area (Å²) in [6.45, 7) is 2.99. The van der Waals surface area contributed by atoms with Crippen molar-refractivity contribution < 1.29 is 0 Å². The number of nitrogens with one attached hydrogen (secondary N) is 1. The number of pyridine rings is 1. The molecule has 0 unspecified atom stereocenters. The van der Waals surface area contributed by atoms with Crippen molar-refractivity contribution in [3.05, 3.63) is 70.5 Å². The third kappa shape index (κ3) is 2.76. The van der Waals surface area contributed by atoms with Crippen molar-refractivity contribution in [3.63, 3.8) is 0 Å². The summed E-state index contributed by atoms with van der Waals surface area (Å²) in [5.74, 6) is 0. The smallest absolute Gasteiger partial charge is 0.0706 e. The fourth-order valence-electron chi connectivity index (χ4n) is 2.26. The molecule has 1 N–H and O–H groups in total. The van der Waals surface area contributed by atoms with Gasteiger partial charge >= 0.3 is 0 Å². The first-order valence-corrected chi connectivity index (χ1v) is 7.43. The third-order valence-corrected chi connectivity index (χ3v) is 4.00. The summed E-state index contributed by atoms with van der Waals surface area (Å²) in [4.78, 5) is 0. The zero-order valence-electron chi connectivity index (χ0n) is 11.3. The van der Waals surface area contributed by atoms with Gasteiger partial charge in [-0.2, -0.15) is 5.10 Å². The molecule has 0 amide bonds. The molecule has 20 heavy (non-hydrogen) atoms. The van der Waals surface area contributed by atoms with Gasteiger partial charge in [0.2, 0.25) is 0 Å². The summed E-state index contributed by atoms with van der Waals surface area (Å²) in [7, 11) is 0. The molecule has 0 aliphatic rings. The summed E-state index contributed by atoms with van der Waals surface area (Å²) < 4.78 is 3.01. The predicted octanol–water partition coefficient (Wildman–Crippen LogP) is 3.95. The van der Waals surface area contributed by atoms with Gasteiger partial charge in [0.05, 0.1) is 11.7 Å². The number of halogens is 1. The zero-order valence-corrected chi connectivity index (χ0v) is 12.8. The van der Waals surface area contributed by atoms with Crippen LogP contribution in [0.1, 0.15) is 24.1 Å². The van der Waals surface area contributed by atoms with Crippen LogP contribution in [0.15, 0.2) is 59.3 Å². The van der Waals surface area contributed by atoms with Crippen LogP contribution in [-0.4, -0.2) is 9.61 Å². The van der Waals surface area contributed by atoms with Gasteiger partial charge in [-0.15, -0.1) is 0 Å². The van der Waals surface area contributed by atoms with Crippen molar-refractivity contribution >= 4 is 21.4 Å². The Morgan fingerprint density at radius 2 is 2.00 bits per heavy atom. The van der Waals surface area contributed by atoms with E-state index in [4.69, 9.17) is 0 Å². The molecular weight excluding hydrogens is 314 g/mol. The Bertz CT molecular complexity index is 703. The molecule has 2 aromatic heterocycles. The first kappa shape index (κ1) is 13.3. The van der Waals surface area contributed by atoms with Crippen LogP contribution in [0, 0.1) is 0 Å². The summed E-state index contributed by atoms with van der Waals surface area (Å²) >= 11 is 3.46. The van der Waals surface area contributed by atoms with Crippen LogP contribution >= 0.6 is 15.9 Å². The van der Waals surface area contributed by atoms with Crippen LogP contribution < -0.4 is 5.32 Å². The predicted molar refractivity (Wildman–Crippen MR) is 84.6 cm³/mol. The van der Waals surface area contributed by atoms with Gasteiger partial charge in [0, 0.05) is 28.8 Å². The highest BCUT2D eigenvalue weighted by Gasteiger charge is 2.07. The molecule has 102 valence electrons. The normalized spacial score (nSPS) is 12.7. The zero-order chi connectivity index (χ0) is 13.9. The lowest BCUT2D eigenvalue weighted by Crippen LogP contribution is -2.17. The van der Waals surface area contributed by atoms with Gasteiger partial charge in [-0.3, -0.25) is 0 Å². The van der Waals surface area contributed by atoms with E-state index in [1.807, 2.05) is 29.0 Å². The topological polar surface area (TPSA) is 29.3 Å². The average Bonchev–Trinajstić information content (AvgIpc) is 2.89. The van der Waals surface area contributed by atoms with Crippen LogP contribution in [-0.2, 0) is 6.54 Å². The van der Waals surface area contributed by atoms with Crippen LogP contribution in [0.25, 0.3) is 5.52 Å². The quantitative estimate of drug-likeness (QED) is 0.785. The molecule has 4 heteroatoms. The summed E-state index contributed by atoms with van der Waals surface area (Å²) in [6, 6.07) is 14.8. The second kappa shape index (κ2) is 5.77. The lowest BCUT2D eigenvalue weighted by molar-refractivity contribution is 0.576. The molecule has 0 saturated carbocycles. The maximum atomic E-state index is 4.35. The lowest BCUT2D eigenvalue weighted by atomic mass is 10.1. The second-order valence-corrected chi connectivity index (χ2v) is 5.77. The van der Waals surface area contributed by atoms with Crippen molar-refractivity contribution in [1.82, 2.24) is 14.9 Å². The Balaban J connectivity index is 1.71. The number of hydrogen-bond donors (Lipinski definition) is 1. The minimum atomic E-state index is 0.307. The van der Waals surface area contributed by atoms with Gasteiger partial charge in [0.1, 0.15) is 0 Å². The summed E-state index contributed by atoms with van der Waals surface area (Å²) in [6.07, 6.45) is 3.90. The number of nitrogens with zero attached hydrogens (tertiary/aromatic N) is 2. The molecule has 0 saturated heterocycles. The van der Waals surface area contributed by atoms with E-state index in [2.05, 4.69) is 63.6 Å². The lowest BCUT2D eigenvalue weighted by Gasteiger charge is -2.13. The van der Waals surface area contributed by atoms with E-state index in [1.54, 1.807) is 0 Å². The number of aromatic nitrogens is 2. The van der Waals surface area contributed by atoms with E-state index < -0.39 is 0 Å². The number of fused-ring (bicyclic) bond motifs is 1. The average molecular weight is 330 g/mol. The highest BCUT2D eigenvalue weighted by Crippen LogP contribution is 2.17. The van der Waals surface area contributed by atoms with E-state index in [0.717, 1.165) is 16.5 Å². The molecule has 0 spiro atoms. The summed E-state index contributed by atoms with van der Waals surface area (Å²) in [5, 5.41) is 7.90. The Morgan fingerprint density at radius 3 is 2.80 bits per heavy atom. The van der Waals surface area contributed by atoms with Crippen LogP contribution in [0.5, 0.6) is 0 Å². The molecule has 2 heterocycles. The maximum absolute atomic E-state index is 4.35. The van der Waals surface area contributed by atoms with Crippen LogP contribution in [0.3, 0.4) is 0 Å². The fourth-order valence-corrected chi connectivity index (χ4v) is 2.52. The Morgan fingerprint density at radius 1 is 1.20 bits per heavy atom. The largest absolute Gasteiger partial charge is 0.306 e. The van der Waals surface area contributed by atoms with E-state index in [1.165, 1.54) is 11.1 Å². The van der Waals surface area contributed by atoms with Crippen molar-refractivity contribution in [2.24, 2.45) is 0 Å². The standard InChI is InChI=1S/C16H16BrN3/c1-12(13-5-7-15(17)8-6-13)18-10-14-11-19-20-9-3-2-4-16(14)20/h2-9,11-12,18H,10H2,1H3/t12-/m0/s1. The second-order valence-electron chi connectivity index (χ2n) is 4.85. The van der Waals surface area contributed by atoms with E-state index in [0.29, 0.717) is 6.04 Å². The molecule has 0 aliphatic heterocycles. The minimum Gasteiger partial charge on any atom is -0.306 e. The molecule has 1 atom stereocenters. The van der Waals surface area contributed by atoms with Crippen LogP contribution in [0.2, 0.25) is 0 Å². The molecule has 3 aromatic rings. The van der Waals surface area contributed by atoms with Gasteiger partial charge in [-0.05, 0) is 36.8 Å². The highest BCUT2D eigenvalue weighted by atomic mass is 79.9. The minimum absolute atomic E-state index is 0.307. The first-order chi connectivity index (χ1) is 9.74. The fraction of sp³-hybridized carbons (Fsp3) is 0.188. The van der Waals surface area contributed by atoms with Crippen molar-refractivity contribution in [1.29, 1.82) is 0 Å². The number of benzene rings is 1. The number of rotatable bonds is 4. The van der Waals surface area contributed by atoms with Crippen molar-refractivity contribution in [2.75, 3.05) is 0 Å². The summed E-state index contributed by atoms with van der Waals surface area (Å²) in [5.41, 5.74) is 3.65. The molecule has 1 aromatic carbocycles. The van der Waals surface area contributed by atoms with Gasteiger partial charge in [-0.25, -0.2) is 4.52 Å². The third-order valence-electron chi connectivity index (χ3n) is 3.47. The monoisotopic (exact) mass is 329 g/mol. The van der Waals surface area contributed by atoms with Gasteiger partial charge in [-0.1, -0.05) is 34.1 Å². The van der Waals surface area contributed by atoms with E-state index in [-0.39, 0.29) is 0 Å². The Kier molecular flexibility index (Phi) is 3.85. The van der Waals surface area contributed by atoms with Crippen molar-refractivity contribution in [3.8, 4) is 0 Å². The molecule has 0 radical (unpaired) electrons. The van der Waals surface area contributed by atoms with Gasteiger partial charge in [0.15, 0.2) is 0 Å². The van der Waals surface area contributed by atoms with E-state index >= 15 is 0 Å². The molecule has 3 nitrogen and oxygen atoms in total. The van der Waals surface area contributed by atoms with Crippen LogP contribution in [0.4, 0.5) is 0 Å². The van der Waals surface area contributed by atoms with Crippen molar-refractivity contribution in [2.45, 2.75) is 19.5 Å². The number of hydrogen-bond acceptors (Lipinski definition) is 2. The highest BCUT2D eigenvalue weighted by molar-refractivity contribution is 9.10. The first-order valence-electron chi connectivity index (χ1n) is 6.64. The SMILES string of the molecule is C[C@H](NCc1cnn2ccccc12)c1ccc(Br)cc1. The molecule has 0 bridgehead atoms. The Labute approximate surface area is 126 Å². The van der Waals surface area contributed by atoms with E-state index in [9.17, 15) is 0 Å². The maximum Gasteiger partial charge on any atom is 0.0706 e. The molecule has 3 rings (SSSR count). The molecule has 0 aliphatic carbocycles. The van der Waals surface area contributed by atoms with Gasteiger partial charge < -0.3 is 5.32 Å². The Hall–Kier alpha value is -1.65. The van der Waals surface area contributed by atoms with Gasteiger partial charge in [0.25, 0.3) is 0 Å². The molecule has 0 fully saturated rings.